The van der Waals surface area contributed by atoms with E-state index in [0.717, 1.165) is 13.0 Å². The van der Waals surface area contributed by atoms with E-state index in [4.69, 9.17) is 9.47 Å². The lowest BCUT2D eigenvalue weighted by molar-refractivity contribution is 0.0515. The second-order valence-corrected chi connectivity index (χ2v) is 7.67. The summed E-state index contributed by atoms with van der Waals surface area (Å²) in [5.41, 5.74) is -0.450. The number of alkyl carbamates (subject to hydrolysis) is 1. The molecule has 0 bridgehead atoms. The molecule has 1 amide bonds. The van der Waals surface area contributed by atoms with Gasteiger partial charge in [0.05, 0.1) is 6.10 Å². The van der Waals surface area contributed by atoms with Crippen LogP contribution in [0.5, 0.6) is 0 Å². The third kappa shape index (κ3) is 5.43. The van der Waals surface area contributed by atoms with Gasteiger partial charge in [-0.1, -0.05) is 12.8 Å². The lowest BCUT2D eigenvalue weighted by atomic mass is 9.96. The van der Waals surface area contributed by atoms with Gasteiger partial charge in [-0.3, -0.25) is 0 Å². The lowest BCUT2D eigenvalue weighted by Gasteiger charge is -2.30. The van der Waals surface area contributed by atoms with Crippen LogP contribution in [0.2, 0.25) is 0 Å². The second-order valence-electron chi connectivity index (χ2n) is 7.67. The van der Waals surface area contributed by atoms with Crippen molar-refractivity contribution in [2.24, 2.45) is 5.92 Å². The molecule has 22 heavy (non-hydrogen) atoms. The van der Waals surface area contributed by atoms with Crippen molar-refractivity contribution < 1.29 is 14.3 Å². The summed E-state index contributed by atoms with van der Waals surface area (Å²) in [4.78, 5) is 11.9. The number of ether oxygens (including phenoxy) is 2. The van der Waals surface area contributed by atoms with Crippen LogP contribution in [0.15, 0.2) is 0 Å². The van der Waals surface area contributed by atoms with Gasteiger partial charge < -0.3 is 20.1 Å². The minimum Gasteiger partial charge on any atom is -0.444 e. The van der Waals surface area contributed by atoms with Crippen LogP contribution in [0.3, 0.4) is 0 Å². The summed E-state index contributed by atoms with van der Waals surface area (Å²) in [6.45, 7) is 9.24. The highest BCUT2D eigenvalue weighted by Crippen LogP contribution is 2.28. The zero-order valence-corrected chi connectivity index (χ0v) is 14.5. The van der Waals surface area contributed by atoms with E-state index < -0.39 is 5.60 Å². The molecule has 1 aliphatic heterocycles. The number of hydrogen-bond donors (Lipinski definition) is 2. The molecule has 1 heterocycles. The van der Waals surface area contributed by atoms with E-state index in [9.17, 15) is 4.79 Å². The maximum atomic E-state index is 11.9. The van der Waals surface area contributed by atoms with Crippen LogP contribution in [0.1, 0.15) is 59.8 Å². The molecule has 0 aromatic carbocycles. The largest absolute Gasteiger partial charge is 0.444 e. The Bertz CT molecular complexity index is 361. The Morgan fingerprint density at radius 1 is 1.27 bits per heavy atom. The van der Waals surface area contributed by atoms with Gasteiger partial charge in [0.15, 0.2) is 0 Å². The van der Waals surface area contributed by atoms with Gasteiger partial charge in [0.2, 0.25) is 0 Å². The van der Waals surface area contributed by atoms with Crippen molar-refractivity contribution >= 4 is 6.09 Å². The fraction of sp³-hybridized carbons (Fsp3) is 0.941. The molecule has 1 saturated carbocycles. The van der Waals surface area contributed by atoms with Gasteiger partial charge in [0, 0.05) is 25.2 Å². The summed E-state index contributed by atoms with van der Waals surface area (Å²) in [5, 5.41) is 6.67. The van der Waals surface area contributed by atoms with Gasteiger partial charge in [0.1, 0.15) is 5.60 Å². The van der Waals surface area contributed by atoms with Crippen LogP contribution < -0.4 is 10.6 Å². The molecule has 1 saturated heterocycles. The van der Waals surface area contributed by atoms with Crippen molar-refractivity contribution in [2.75, 3.05) is 13.2 Å². The summed E-state index contributed by atoms with van der Waals surface area (Å²) >= 11 is 0. The molecule has 0 radical (unpaired) electrons. The molecule has 3 unspecified atom stereocenters. The highest BCUT2D eigenvalue weighted by molar-refractivity contribution is 5.67. The highest BCUT2D eigenvalue weighted by atomic mass is 16.6. The monoisotopic (exact) mass is 312 g/mol. The molecule has 0 aromatic rings. The number of hydrogen-bond acceptors (Lipinski definition) is 4. The Kier molecular flexibility index (Phi) is 6.09. The zero-order valence-electron chi connectivity index (χ0n) is 14.5. The molecular weight excluding hydrogens is 280 g/mol. The molecule has 3 atom stereocenters. The van der Waals surface area contributed by atoms with Crippen LogP contribution >= 0.6 is 0 Å². The molecule has 5 heteroatoms. The number of carbonyl (C=O) groups is 1. The van der Waals surface area contributed by atoms with Gasteiger partial charge >= 0.3 is 6.09 Å². The lowest BCUT2D eigenvalue weighted by Crippen LogP contribution is -2.51. The second kappa shape index (κ2) is 7.64. The minimum atomic E-state index is -0.450. The molecule has 2 fully saturated rings. The van der Waals surface area contributed by atoms with Crippen molar-refractivity contribution in [1.82, 2.24) is 10.6 Å². The summed E-state index contributed by atoms with van der Waals surface area (Å²) in [6, 6.07) is 0.704. The average molecular weight is 312 g/mol. The molecule has 0 aromatic heterocycles. The molecule has 128 valence electrons. The molecule has 2 aliphatic rings. The Labute approximate surface area is 134 Å². The highest BCUT2D eigenvalue weighted by Gasteiger charge is 2.31. The first-order chi connectivity index (χ1) is 10.3. The van der Waals surface area contributed by atoms with Crippen molar-refractivity contribution in [3.05, 3.63) is 0 Å². The topological polar surface area (TPSA) is 59.6 Å². The smallest absolute Gasteiger partial charge is 0.407 e. The average Bonchev–Trinajstić information content (AvgIpc) is 3.04. The Balaban J connectivity index is 1.86. The van der Waals surface area contributed by atoms with Gasteiger partial charge in [-0.25, -0.2) is 4.79 Å². The molecular formula is C17H32N2O3. The molecule has 2 rings (SSSR count). The summed E-state index contributed by atoms with van der Waals surface area (Å²) < 4.78 is 11.0. The quantitative estimate of drug-likeness (QED) is 0.819. The molecule has 5 nitrogen and oxygen atoms in total. The van der Waals surface area contributed by atoms with Crippen LogP contribution in [0.25, 0.3) is 0 Å². The number of amides is 1. The Hall–Kier alpha value is -0.810. The van der Waals surface area contributed by atoms with E-state index in [2.05, 4.69) is 17.6 Å². The first kappa shape index (κ1) is 17.5. The number of rotatable bonds is 5. The zero-order chi connectivity index (χ0) is 16.2. The van der Waals surface area contributed by atoms with E-state index in [0.29, 0.717) is 24.5 Å². The number of nitrogens with one attached hydrogen (secondary N) is 2. The van der Waals surface area contributed by atoms with Crippen LogP contribution in [0, 0.1) is 5.92 Å². The minimum absolute atomic E-state index is 0.255. The van der Waals surface area contributed by atoms with E-state index in [1.807, 2.05) is 20.8 Å². The van der Waals surface area contributed by atoms with Gasteiger partial charge in [-0.15, -0.1) is 0 Å². The predicted molar refractivity (Wildman–Crippen MR) is 86.9 cm³/mol. The summed E-state index contributed by atoms with van der Waals surface area (Å²) in [5.74, 6) is 0.641. The molecule has 1 aliphatic carbocycles. The third-order valence-electron chi connectivity index (χ3n) is 4.64. The van der Waals surface area contributed by atoms with E-state index in [1.54, 1.807) is 0 Å². The van der Waals surface area contributed by atoms with Crippen molar-refractivity contribution in [2.45, 2.75) is 83.6 Å². The third-order valence-corrected chi connectivity index (χ3v) is 4.64. The SMILES string of the molecule is CC1OCCC1NC(CNC(=O)OC(C)(C)C)C1CCCC1. The van der Waals surface area contributed by atoms with Crippen LogP contribution in [0.4, 0.5) is 4.79 Å². The van der Waals surface area contributed by atoms with Gasteiger partial charge in [0.25, 0.3) is 0 Å². The Morgan fingerprint density at radius 3 is 2.50 bits per heavy atom. The normalized spacial score (nSPS) is 27.8. The van der Waals surface area contributed by atoms with Crippen LogP contribution in [-0.4, -0.2) is 43.0 Å². The predicted octanol–water partition coefficient (Wildman–Crippen LogP) is 2.84. The summed E-state index contributed by atoms with van der Waals surface area (Å²) in [7, 11) is 0. The van der Waals surface area contributed by atoms with Crippen molar-refractivity contribution in [3.63, 3.8) is 0 Å². The number of carbonyl (C=O) groups excluding carboxylic acids is 1. The van der Waals surface area contributed by atoms with E-state index >= 15 is 0 Å². The van der Waals surface area contributed by atoms with E-state index in [-0.39, 0.29) is 12.2 Å². The van der Waals surface area contributed by atoms with Crippen molar-refractivity contribution in [3.8, 4) is 0 Å². The molecule has 2 N–H and O–H groups in total. The van der Waals surface area contributed by atoms with E-state index in [1.165, 1.54) is 25.7 Å². The maximum Gasteiger partial charge on any atom is 0.407 e. The Morgan fingerprint density at radius 2 is 1.95 bits per heavy atom. The molecule has 0 spiro atoms. The maximum absolute atomic E-state index is 11.9. The van der Waals surface area contributed by atoms with Gasteiger partial charge in [-0.05, 0) is 52.9 Å². The first-order valence-corrected chi connectivity index (χ1v) is 8.69. The van der Waals surface area contributed by atoms with Crippen molar-refractivity contribution in [1.29, 1.82) is 0 Å². The first-order valence-electron chi connectivity index (χ1n) is 8.69. The summed E-state index contributed by atoms with van der Waals surface area (Å²) in [6.07, 6.45) is 6.07. The fourth-order valence-corrected chi connectivity index (χ4v) is 3.45. The van der Waals surface area contributed by atoms with Gasteiger partial charge in [-0.2, -0.15) is 0 Å². The van der Waals surface area contributed by atoms with Crippen LogP contribution in [-0.2, 0) is 9.47 Å². The fourth-order valence-electron chi connectivity index (χ4n) is 3.45. The standard InChI is InChI=1S/C17H32N2O3/c1-12-14(9-10-21-12)19-15(13-7-5-6-8-13)11-18-16(20)22-17(2,3)4/h12-15,19H,5-11H2,1-4H3,(H,18,20).